The molecule has 0 unspecified atom stereocenters. The van der Waals surface area contributed by atoms with E-state index in [0.717, 1.165) is 46.0 Å². The van der Waals surface area contributed by atoms with Gasteiger partial charge in [0.05, 0.1) is 29.1 Å². The van der Waals surface area contributed by atoms with E-state index in [0.29, 0.717) is 5.88 Å². The standard InChI is InChI=1S/C32H28N6O/c1-35(2)22-14-16-33-31(18-22)38-27-9-5-4-8-25(27)26-13-12-24(20-30(26)38)39-32-19-23(15-17-34-32)37-21-36(3)28-10-6-7-11-29(28)37/h4-20H,21H2,1-3H3. The Bertz CT molecular complexity index is 1840. The van der Waals surface area contributed by atoms with Crippen LogP contribution in [-0.4, -0.2) is 42.3 Å². The monoisotopic (exact) mass is 512 g/mol. The third-order valence-electron chi connectivity index (χ3n) is 7.31. The average molecular weight is 513 g/mol. The Labute approximate surface area is 227 Å². The molecule has 6 aromatic rings. The van der Waals surface area contributed by atoms with Gasteiger partial charge in [-0.25, -0.2) is 9.97 Å². The minimum atomic E-state index is 0.550. The van der Waals surface area contributed by atoms with Crippen molar-refractivity contribution >= 4 is 44.6 Å². The lowest BCUT2D eigenvalue weighted by Crippen LogP contribution is -2.23. The molecule has 4 heterocycles. The fraction of sp³-hybridized carbons (Fsp3) is 0.125. The minimum Gasteiger partial charge on any atom is -0.439 e. The number of para-hydroxylation sites is 3. The maximum Gasteiger partial charge on any atom is 0.221 e. The number of aromatic nitrogens is 3. The van der Waals surface area contributed by atoms with Crippen LogP contribution in [-0.2, 0) is 0 Å². The molecule has 3 aromatic heterocycles. The lowest BCUT2D eigenvalue weighted by molar-refractivity contribution is 0.463. The van der Waals surface area contributed by atoms with Gasteiger partial charge >= 0.3 is 0 Å². The van der Waals surface area contributed by atoms with E-state index in [4.69, 9.17) is 9.72 Å². The SMILES string of the molecule is CN(C)c1ccnc(-n2c3ccccc3c3ccc(Oc4cc(N5CN(C)c6ccccc65)ccn4)cc32)c1. The summed E-state index contributed by atoms with van der Waals surface area (Å²) in [6.45, 7) is 0.772. The molecule has 0 saturated carbocycles. The topological polar surface area (TPSA) is 49.7 Å². The van der Waals surface area contributed by atoms with Crippen LogP contribution in [0.4, 0.5) is 22.7 Å². The number of pyridine rings is 2. The van der Waals surface area contributed by atoms with Gasteiger partial charge in [0.1, 0.15) is 11.6 Å². The maximum atomic E-state index is 6.36. The van der Waals surface area contributed by atoms with Crippen LogP contribution in [0.25, 0.3) is 27.6 Å². The highest BCUT2D eigenvalue weighted by molar-refractivity contribution is 6.09. The Morgan fingerprint density at radius 2 is 1.51 bits per heavy atom. The van der Waals surface area contributed by atoms with Crippen molar-refractivity contribution in [1.82, 2.24) is 14.5 Å². The number of hydrogen-bond acceptors (Lipinski definition) is 6. The van der Waals surface area contributed by atoms with Gasteiger partial charge in [-0.3, -0.25) is 4.57 Å². The first-order valence-corrected chi connectivity index (χ1v) is 13.0. The van der Waals surface area contributed by atoms with Crippen molar-refractivity contribution in [3.8, 4) is 17.4 Å². The highest BCUT2D eigenvalue weighted by Crippen LogP contribution is 2.40. The molecule has 0 spiro atoms. The van der Waals surface area contributed by atoms with Crippen molar-refractivity contribution in [2.45, 2.75) is 0 Å². The molecular formula is C32H28N6O. The second kappa shape index (κ2) is 9.06. The fourth-order valence-electron chi connectivity index (χ4n) is 5.41. The molecular weight excluding hydrogens is 484 g/mol. The summed E-state index contributed by atoms with van der Waals surface area (Å²) in [5.74, 6) is 2.13. The molecule has 0 N–H and O–H groups in total. The summed E-state index contributed by atoms with van der Waals surface area (Å²) < 4.78 is 8.56. The van der Waals surface area contributed by atoms with Gasteiger partial charge in [0.2, 0.25) is 5.88 Å². The number of benzene rings is 3. The van der Waals surface area contributed by atoms with Gasteiger partial charge in [-0.1, -0.05) is 30.3 Å². The molecule has 0 bridgehead atoms. The third-order valence-corrected chi connectivity index (χ3v) is 7.31. The molecule has 1 aliphatic rings. The minimum absolute atomic E-state index is 0.550. The molecule has 0 aliphatic carbocycles. The predicted octanol–water partition coefficient (Wildman–Crippen LogP) is 6.98. The highest BCUT2D eigenvalue weighted by atomic mass is 16.5. The molecule has 0 saturated heterocycles. The number of anilines is 4. The van der Waals surface area contributed by atoms with Gasteiger partial charge in [-0.15, -0.1) is 0 Å². The normalized spacial score (nSPS) is 12.8. The number of nitrogens with zero attached hydrogens (tertiary/aromatic N) is 6. The van der Waals surface area contributed by atoms with Crippen molar-refractivity contribution in [2.75, 3.05) is 42.5 Å². The highest BCUT2D eigenvalue weighted by Gasteiger charge is 2.24. The Balaban J connectivity index is 1.29. The molecule has 192 valence electrons. The van der Waals surface area contributed by atoms with E-state index >= 15 is 0 Å². The summed E-state index contributed by atoms with van der Waals surface area (Å²) in [5.41, 5.74) is 6.65. The molecule has 7 rings (SSSR count). The predicted molar refractivity (Wildman–Crippen MR) is 159 cm³/mol. The first-order chi connectivity index (χ1) is 19.1. The van der Waals surface area contributed by atoms with E-state index in [1.807, 2.05) is 44.6 Å². The molecule has 1 aliphatic heterocycles. The van der Waals surface area contributed by atoms with E-state index in [2.05, 4.69) is 98.0 Å². The Morgan fingerprint density at radius 3 is 2.38 bits per heavy atom. The first-order valence-electron chi connectivity index (χ1n) is 13.0. The zero-order valence-electron chi connectivity index (χ0n) is 22.1. The molecule has 0 radical (unpaired) electrons. The zero-order valence-corrected chi connectivity index (χ0v) is 22.1. The fourth-order valence-corrected chi connectivity index (χ4v) is 5.41. The van der Waals surface area contributed by atoms with E-state index in [9.17, 15) is 0 Å². The lowest BCUT2D eigenvalue weighted by Gasteiger charge is -2.20. The first kappa shape index (κ1) is 23.1. The quantitative estimate of drug-likeness (QED) is 0.248. The summed E-state index contributed by atoms with van der Waals surface area (Å²) >= 11 is 0. The molecule has 7 heteroatoms. The van der Waals surface area contributed by atoms with Crippen LogP contribution in [0, 0.1) is 0 Å². The maximum absolute atomic E-state index is 6.36. The second-order valence-electron chi connectivity index (χ2n) is 10.0. The van der Waals surface area contributed by atoms with Gasteiger partial charge in [-0.05, 0) is 42.5 Å². The molecule has 3 aromatic carbocycles. The molecule has 0 fully saturated rings. The van der Waals surface area contributed by atoms with Crippen LogP contribution in [0.15, 0.2) is 103 Å². The van der Waals surface area contributed by atoms with Crippen molar-refractivity contribution in [1.29, 1.82) is 0 Å². The largest absolute Gasteiger partial charge is 0.439 e. The molecule has 39 heavy (non-hydrogen) atoms. The van der Waals surface area contributed by atoms with Crippen LogP contribution < -0.4 is 19.4 Å². The van der Waals surface area contributed by atoms with E-state index in [-0.39, 0.29) is 0 Å². The number of rotatable bonds is 5. The summed E-state index contributed by atoms with van der Waals surface area (Å²) in [7, 11) is 6.18. The van der Waals surface area contributed by atoms with E-state index < -0.39 is 0 Å². The van der Waals surface area contributed by atoms with Crippen LogP contribution >= 0.6 is 0 Å². The zero-order chi connectivity index (χ0) is 26.5. The smallest absolute Gasteiger partial charge is 0.221 e. The van der Waals surface area contributed by atoms with Crippen LogP contribution in [0.5, 0.6) is 11.6 Å². The molecule has 0 atom stereocenters. The third kappa shape index (κ3) is 3.90. The van der Waals surface area contributed by atoms with E-state index in [1.54, 1.807) is 6.20 Å². The molecule has 0 amide bonds. The number of fused-ring (bicyclic) bond motifs is 4. The van der Waals surface area contributed by atoms with Crippen LogP contribution in [0.2, 0.25) is 0 Å². The number of ether oxygens (including phenoxy) is 1. The average Bonchev–Trinajstić information content (AvgIpc) is 3.48. The van der Waals surface area contributed by atoms with Crippen molar-refractivity contribution in [2.24, 2.45) is 0 Å². The van der Waals surface area contributed by atoms with E-state index in [1.165, 1.54) is 16.8 Å². The lowest BCUT2D eigenvalue weighted by atomic mass is 10.1. The van der Waals surface area contributed by atoms with Crippen LogP contribution in [0.1, 0.15) is 0 Å². The summed E-state index contributed by atoms with van der Waals surface area (Å²) in [4.78, 5) is 15.9. The number of hydrogen-bond donors (Lipinski definition) is 0. The summed E-state index contributed by atoms with van der Waals surface area (Å²) in [6.07, 6.45) is 3.66. The van der Waals surface area contributed by atoms with Crippen LogP contribution in [0.3, 0.4) is 0 Å². The second-order valence-corrected chi connectivity index (χ2v) is 10.0. The van der Waals surface area contributed by atoms with Gasteiger partial charge < -0.3 is 19.4 Å². The van der Waals surface area contributed by atoms with Crippen molar-refractivity contribution < 1.29 is 4.74 Å². The van der Waals surface area contributed by atoms with Gasteiger partial charge in [0.25, 0.3) is 0 Å². The Kier molecular flexibility index (Phi) is 5.37. The Morgan fingerprint density at radius 1 is 0.744 bits per heavy atom. The van der Waals surface area contributed by atoms with Gasteiger partial charge in [0.15, 0.2) is 0 Å². The van der Waals surface area contributed by atoms with Crippen molar-refractivity contribution in [3.05, 3.63) is 103 Å². The van der Waals surface area contributed by atoms with Gasteiger partial charge in [-0.2, -0.15) is 0 Å². The van der Waals surface area contributed by atoms with Crippen molar-refractivity contribution in [3.63, 3.8) is 0 Å². The summed E-state index contributed by atoms with van der Waals surface area (Å²) in [5, 5.41) is 2.32. The van der Waals surface area contributed by atoms with Gasteiger partial charge in [0, 0.05) is 73.9 Å². The molecule has 7 nitrogen and oxygen atoms in total. The Hall–Kier alpha value is -5.04. The summed E-state index contributed by atoms with van der Waals surface area (Å²) in [6, 6.07) is 31.2.